The Kier molecular flexibility index (Phi) is 5.11. The Morgan fingerprint density at radius 1 is 1.15 bits per heavy atom. The summed E-state index contributed by atoms with van der Waals surface area (Å²) in [5, 5.41) is 0. The first-order valence-corrected chi connectivity index (χ1v) is 9.98. The fourth-order valence-electron chi connectivity index (χ4n) is 3.22. The maximum Gasteiger partial charge on any atom is 0.355 e. The fraction of sp³-hybridized carbons (Fsp3) is 0.412. The minimum atomic E-state index is -3.35. The first-order chi connectivity index (χ1) is 12.8. The molecule has 0 radical (unpaired) electrons. The Bertz CT molecular complexity index is 923. The third kappa shape index (κ3) is 3.50. The number of hydrogen-bond acceptors (Lipinski definition) is 8. The molecule has 2 aliphatic heterocycles. The van der Waals surface area contributed by atoms with Crippen molar-refractivity contribution in [2.45, 2.75) is 6.42 Å². The molecule has 0 unspecified atom stereocenters. The molecule has 0 aromatic heterocycles. The molecule has 27 heavy (non-hydrogen) atoms. The number of sulfonamides is 1. The summed E-state index contributed by atoms with van der Waals surface area (Å²) in [6, 6.07) is 5.14. The predicted octanol–water partition coefficient (Wildman–Crippen LogP) is 0.403. The minimum absolute atomic E-state index is 0.0412. The quantitative estimate of drug-likeness (QED) is 0.674. The van der Waals surface area contributed by atoms with Crippen molar-refractivity contribution >= 4 is 33.3 Å². The van der Waals surface area contributed by atoms with Gasteiger partial charge < -0.3 is 19.1 Å². The van der Waals surface area contributed by atoms with Crippen molar-refractivity contribution in [2.75, 3.05) is 49.6 Å². The van der Waals surface area contributed by atoms with Crippen LogP contribution in [-0.4, -0.2) is 60.7 Å². The summed E-state index contributed by atoms with van der Waals surface area (Å²) in [5.41, 5.74) is 2.14. The number of carbonyl (C=O) groups is 2. The van der Waals surface area contributed by atoms with Gasteiger partial charge in [-0.3, -0.25) is 4.31 Å². The molecule has 0 atom stereocenters. The van der Waals surface area contributed by atoms with Crippen LogP contribution in [0, 0.1) is 0 Å². The van der Waals surface area contributed by atoms with Gasteiger partial charge in [0.25, 0.3) is 0 Å². The highest BCUT2D eigenvalue weighted by atomic mass is 32.2. The number of anilines is 2. The van der Waals surface area contributed by atoms with Crippen LogP contribution in [0.4, 0.5) is 11.4 Å². The molecule has 2 heterocycles. The molecule has 0 amide bonds. The van der Waals surface area contributed by atoms with E-state index in [0.29, 0.717) is 24.3 Å². The molecule has 0 saturated heterocycles. The molecule has 9 nitrogen and oxygen atoms in total. The Hall–Kier alpha value is -2.59. The number of ether oxygens (including phenoxy) is 3. The van der Waals surface area contributed by atoms with Gasteiger partial charge in [0.15, 0.2) is 0 Å². The van der Waals surface area contributed by atoms with Gasteiger partial charge in [-0.1, -0.05) is 0 Å². The van der Waals surface area contributed by atoms with Crippen molar-refractivity contribution in [3.8, 4) is 0 Å². The number of methoxy groups -OCH3 is 2. The third-order valence-corrected chi connectivity index (χ3v) is 5.64. The second-order valence-corrected chi connectivity index (χ2v) is 8.02. The van der Waals surface area contributed by atoms with Gasteiger partial charge in [-0.2, -0.15) is 0 Å². The summed E-state index contributed by atoms with van der Waals surface area (Å²) >= 11 is 0. The summed E-state index contributed by atoms with van der Waals surface area (Å²) < 4.78 is 40.1. The molecule has 0 N–H and O–H groups in total. The third-order valence-electron chi connectivity index (χ3n) is 4.46. The molecule has 0 bridgehead atoms. The van der Waals surface area contributed by atoms with Gasteiger partial charge in [-0.15, -0.1) is 0 Å². The predicted molar refractivity (Wildman–Crippen MR) is 96.7 cm³/mol. The van der Waals surface area contributed by atoms with Crippen LogP contribution in [0.2, 0.25) is 0 Å². The van der Waals surface area contributed by atoms with E-state index >= 15 is 0 Å². The molecule has 0 aliphatic carbocycles. The lowest BCUT2D eigenvalue weighted by Gasteiger charge is -2.31. The van der Waals surface area contributed by atoms with Crippen LogP contribution in [0.1, 0.15) is 5.56 Å². The lowest BCUT2D eigenvalue weighted by molar-refractivity contribution is -0.140. The lowest BCUT2D eigenvalue weighted by Crippen LogP contribution is -2.38. The van der Waals surface area contributed by atoms with Crippen LogP contribution in [0.5, 0.6) is 0 Å². The normalized spacial score (nSPS) is 17.0. The Balaban J connectivity index is 2.05. The smallest absolute Gasteiger partial charge is 0.355 e. The van der Waals surface area contributed by atoms with Crippen molar-refractivity contribution in [1.82, 2.24) is 0 Å². The Labute approximate surface area is 157 Å². The van der Waals surface area contributed by atoms with E-state index < -0.39 is 22.0 Å². The zero-order chi connectivity index (χ0) is 19.8. The van der Waals surface area contributed by atoms with Crippen LogP contribution in [0.3, 0.4) is 0 Å². The van der Waals surface area contributed by atoms with Crippen LogP contribution < -0.4 is 9.21 Å². The summed E-state index contributed by atoms with van der Waals surface area (Å²) in [6.07, 6.45) is 1.71. The van der Waals surface area contributed by atoms with Gasteiger partial charge in [0.05, 0.1) is 38.3 Å². The highest BCUT2D eigenvalue weighted by Gasteiger charge is 2.33. The largest absolute Gasteiger partial charge is 0.466 e. The first kappa shape index (κ1) is 19.2. The summed E-state index contributed by atoms with van der Waals surface area (Å²) in [6.45, 7) is 0.334. The van der Waals surface area contributed by atoms with E-state index in [1.54, 1.807) is 18.2 Å². The van der Waals surface area contributed by atoms with E-state index in [9.17, 15) is 18.0 Å². The molecule has 2 aliphatic rings. The minimum Gasteiger partial charge on any atom is -0.466 e. The zero-order valence-electron chi connectivity index (χ0n) is 15.2. The fourth-order valence-corrected chi connectivity index (χ4v) is 4.18. The number of fused-ring (bicyclic) bond motifs is 1. The number of nitrogens with zero attached hydrogens (tertiary/aromatic N) is 2. The molecule has 0 spiro atoms. The maximum absolute atomic E-state index is 12.3. The summed E-state index contributed by atoms with van der Waals surface area (Å²) in [4.78, 5) is 25.9. The van der Waals surface area contributed by atoms with E-state index in [4.69, 9.17) is 14.2 Å². The van der Waals surface area contributed by atoms with Gasteiger partial charge >= 0.3 is 11.9 Å². The molecular weight excluding hydrogens is 376 g/mol. The van der Waals surface area contributed by atoms with Crippen molar-refractivity contribution in [3.63, 3.8) is 0 Å². The lowest BCUT2D eigenvalue weighted by atomic mass is 10.1. The molecule has 146 valence electrons. The average molecular weight is 396 g/mol. The Morgan fingerprint density at radius 2 is 1.85 bits per heavy atom. The topological polar surface area (TPSA) is 102 Å². The van der Waals surface area contributed by atoms with Crippen molar-refractivity contribution in [1.29, 1.82) is 0 Å². The average Bonchev–Trinajstić information content (AvgIpc) is 3.09. The molecule has 3 rings (SSSR count). The summed E-state index contributed by atoms with van der Waals surface area (Å²) in [7, 11) is -0.907. The van der Waals surface area contributed by atoms with Crippen molar-refractivity contribution in [3.05, 3.63) is 35.0 Å². The Morgan fingerprint density at radius 3 is 2.48 bits per heavy atom. The van der Waals surface area contributed by atoms with Crippen molar-refractivity contribution < 1.29 is 32.2 Å². The highest BCUT2D eigenvalue weighted by Crippen LogP contribution is 2.35. The first-order valence-electron chi connectivity index (χ1n) is 8.13. The van der Waals surface area contributed by atoms with Gasteiger partial charge in [0, 0.05) is 12.2 Å². The van der Waals surface area contributed by atoms with E-state index in [1.165, 1.54) is 23.4 Å². The number of benzene rings is 1. The highest BCUT2D eigenvalue weighted by molar-refractivity contribution is 7.92. The number of hydrogen-bond donors (Lipinski definition) is 0. The second kappa shape index (κ2) is 7.20. The molecule has 1 aromatic rings. The number of carbonyl (C=O) groups excluding carboxylic acids is 2. The van der Waals surface area contributed by atoms with E-state index in [1.807, 2.05) is 0 Å². The molecule has 0 saturated carbocycles. The van der Waals surface area contributed by atoms with Crippen LogP contribution >= 0.6 is 0 Å². The molecular formula is C17H20N2O7S. The number of esters is 2. The second-order valence-electron chi connectivity index (χ2n) is 6.11. The van der Waals surface area contributed by atoms with Gasteiger partial charge in [0.2, 0.25) is 10.0 Å². The molecule has 1 aromatic carbocycles. The maximum atomic E-state index is 12.3. The zero-order valence-corrected chi connectivity index (χ0v) is 16.0. The van der Waals surface area contributed by atoms with Gasteiger partial charge in [-0.25, -0.2) is 18.0 Å². The van der Waals surface area contributed by atoms with Gasteiger partial charge in [0.1, 0.15) is 12.4 Å². The number of rotatable bonds is 4. The van der Waals surface area contributed by atoms with Crippen LogP contribution in [0.25, 0.3) is 0 Å². The SMILES string of the molecule is COC(=O)C1=C(C(=O)OC)N(c2ccc3c(c2)CCN3S(C)(=O)=O)COC1. The monoisotopic (exact) mass is 396 g/mol. The molecule has 0 fully saturated rings. The van der Waals surface area contributed by atoms with E-state index in [2.05, 4.69) is 0 Å². The van der Waals surface area contributed by atoms with Crippen LogP contribution in [0.15, 0.2) is 29.5 Å². The summed E-state index contributed by atoms with van der Waals surface area (Å²) in [5.74, 6) is -1.36. The van der Waals surface area contributed by atoms with E-state index in [0.717, 1.165) is 11.8 Å². The van der Waals surface area contributed by atoms with Crippen LogP contribution in [-0.2, 0) is 40.2 Å². The molecule has 10 heteroatoms. The standard InChI is InChI=1S/C17H20N2O7S/c1-24-16(20)13-9-26-10-18(15(13)17(21)25-2)12-4-5-14-11(8-12)6-7-19(14)27(3,22)23/h4-5,8H,6-7,9-10H2,1-3H3. The van der Waals surface area contributed by atoms with E-state index in [-0.39, 0.29) is 24.6 Å². The van der Waals surface area contributed by atoms with Crippen molar-refractivity contribution in [2.24, 2.45) is 0 Å². The van der Waals surface area contributed by atoms with Gasteiger partial charge in [-0.05, 0) is 30.2 Å².